The van der Waals surface area contributed by atoms with Crippen molar-refractivity contribution in [1.29, 1.82) is 0 Å². The van der Waals surface area contributed by atoms with Crippen molar-refractivity contribution in [3.05, 3.63) is 78.4 Å². The Morgan fingerprint density at radius 2 is 1.47 bits per heavy atom. The van der Waals surface area contributed by atoms with Crippen LogP contribution in [-0.4, -0.2) is 33.0 Å². The fourth-order valence-corrected chi connectivity index (χ4v) is 3.65. The summed E-state index contributed by atoms with van der Waals surface area (Å²) in [5.74, 6) is 0. The van der Waals surface area contributed by atoms with Crippen LogP contribution in [-0.2, 0) is 11.2 Å². The molecule has 4 aromatic rings. The zero-order valence-corrected chi connectivity index (χ0v) is 18.0. The van der Waals surface area contributed by atoms with Gasteiger partial charge in [0.2, 0.25) is 0 Å². The van der Waals surface area contributed by atoms with Gasteiger partial charge in [0.15, 0.2) is 0 Å². The van der Waals surface area contributed by atoms with Crippen LogP contribution in [0.15, 0.2) is 72.8 Å². The van der Waals surface area contributed by atoms with Crippen LogP contribution in [0.4, 0.5) is 0 Å². The van der Waals surface area contributed by atoms with Gasteiger partial charge >= 0.3 is 7.12 Å². The monoisotopic (exact) mass is 401 g/mol. The molecule has 0 fully saturated rings. The Morgan fingerprint density at radius 3 is 2.17 bits per heavy atom. The normalized spacial score (nSPS) is 12.6. The first-order valence-corrected chi connectivity index (χ1v) is 10.3. The van der Waals surface area contributed by atoms with Gasteiger partial charge < -0.3 is 19.4 Å². The van der Waals surface area contributed by atoms with Crippen LogP contribution in [0.2, 0.25) is 0 Å². The Balaban J connectivity index is 1.77. The van der Waals surface area contributed by atoms with Gasteiger partial charge in [0, 0.05) is 28.4 Å². The summed E-state index contributed by atoms with van der Waals surface area (Å²) in [5, 5.41) is 23.3. The molecule has 0 aliphatic carbocycles. The van der Waals surface area contributed by atoms with Crippen molar-refractivity contribution in [2.45, 2.75) is 45.4 Å². The first kappa shape index (κ1) is 20.7. The van der Waals surface area contributed by atoms with Crippen molar-refractivity contribution < 1.29 is 14.8 Å². The highest BCUT2D eigenvalue weighted by Gasteiger charge is 2.39. The molecule has 30 heavy (non-hydrogen) atoms. The summed E-state index contributed by atoms with van der Waals surface area (Å²) >= 11 is 0. The van der Waals surface area contributed by atoms with Crippen LogP contribution in [0.3, 0.4) is 0 Å². The van der Waals surface area contributed by atoms with E-state index in [0.29, 0.717) is 5.46 Å². The number of hydrogen-bond donors (Lipinski definition) is 2. The summed E-state index contributed by atoms with van der Waals surface area (Å²) in [6.45, 7) is 7.69. The summed E-state index contributed by atoms with van der Waals surface area (Å²) in [6, 6.07) is 24.6. The molecule has 0 unspecified atom stereocenters. The van der Waals surface area contributed by atoms with Crippen LogP contribution in [0, 0.1) is 0 Å². The Labute approximate surface area is 177 Å². The van der Waals surface area contributed by atoms with E-state index < -0.39 is 18.3 Å². The first-order chi connectivity index (χ1) is 14.2. The van der Waals surface area contributed by atoms with Crippen LogP contribution < -0.4 is 5.46 Å². The molecule has 0 aliphatic rings. The third-order valence-corrected chi connectivity index (χ3v) is 6.14. The molecule has 0 atom stereocenters. The quantitative estimate of drug-likeness (QED) is 0.479. The summed E-state index contributed by atoms with van der Waals surface area (Å²) < 4.78 is 8.15. The predicted molar refractivity (Wildman–Crippen MR) is 124 cm³/mol. The van der Waals surface area contributed by atoms with Crippen molar-refractivity contribution >= 4 is 34.4 Å². The van der Waals surface area contributed by atoms with E-state index >= 15 is 0 Å². The molecule has 4 rings (SSSR count). The number of aliphatic hydroxyl groups is 1. The molecule has 1 aromatic heterocycles. The summed E-state index contributed by atoms with van der Waals surface area (Å²) in [7, 11) is -1.13. The Bertz CT molecular complexity index is 1180. The minimum absolute atomic E-state index is 0.669. The van der Waals surface area contributed by atoms with E-state index in [1.807, 2.05) is 36.4 Å². The van der Waals surface area contributed by atoms with Crippen molar-refractivity contribution in [1.82, 2.24) is 4.57 Å². The average Bonchev–Trinajstić information content (AvgIpc) is 3.01. The van der Waals surface area contributed by atoms with E-state index in [2.05, 4.69) is 41.0 Å². The van der Waals surface area contributed by atoms with E-state index in [4.69, 9.17) is 4.65 Å². The Hall–Kier alpha value is -2.60. The molecule has 0 saturated heterocycles. The molecule has 2 N–H and O–H groups in total. The second-order valence-corrected chi connectivity index (χ2v) is 8.91. The van der Waals surface area contributed by atoms with Crippen molar-refractivity contribution in [3.8, 4) is 0 Å². The number of benzene rings is 3. The molecule has 154 valence electrons. The van der Waals surface area contributed by atoms with Crippen LogP contribution >= 0.6 is 0 Å². The highest BCUT2D eigenvalue weighted by molar-refractivity contribution is 6.60. The van der Waals surface area contributed by atoms with Gasteiger partial charge in [-0.1, -0.05) is 60.7 Å². The molecule has 0 saturated carbocycles. The summed E-state index contributed by atoms with van der Waals surface area (Å²) in [6.07, 6.45) is 0. The molecular formula is C25H28BNO3. The van der Waals surface area contributed by atoms with E-state index in [-0.39, 0.29) is 0 Å². The zero-order valence-electron chi connectivity index (χ0n) is 18.0. The molecular weight excluding hydrogens is 373 g/mol. The number of fused-ring (bicyclic) bond motifs is 3. The van der Waals surface area contributed by atoms with E-state index in [0.717, 1.165) is 28.4 Å². The van der Waals surface area contributed by atoms with Crippen LogP contribution in [0.5, 0.6) is 0 Å². The summed E-state index contributed by atoms with van der Waals surface area (Å²) in [4.78, 5) is 0. The van der Waals surface area contributed by atoms with Crippen LogP contribution in [0.25, 0.3) is 21.8 Å². The lowest BCUT2D eigenvalue weighted by molar-refractivity contribution is -0.0982. The number of para-hydroxylation sites is 1. The molecule has 0 radical (unpaired) electrons. The van der Waals surface area contributed by atoms with E-state index in [1.54, 1.807) is 27.7 Å². The van der Waals surface area contributed by atoms with Crippen molar-refractivity contribution in [2.24, 2.45) is 0 Å². The lowest BCUT2D eigenvalue weighted by Crippen LogP contribution is -2.53. The molecule has 3 aromatic carbocycles. The maximum Gasteiger partial charge on any atom is 0.491 e. The second-order valence-electron chi connectivity index (χ2n) is 8.91. The zero-order chi connectivity index (χ0) is 21.5. The molecule has 0 spiro atoms. The van der Waals surface area contributed by atoms with Gasteiger partial charge in [-0.2, -0.15) is 0 Å². The van der Waals surface area contributed by atoms with Crippen molar-refractivity contribution in [2.75, 3.05) is 0 Å². The number of rotatable bonds is 6. The number of aromatic nitrogens is 1. The van der Waals surface area contributed by atoms with Gasteiger partial charge in [-0.05, 0) is 50.9 Å². The van der Waals surface area contributed by atoms with Gasteiger partial charge in [0.05, 0.1) is 11.2 Å². The number of nitrogens with zero attached hydrogens (tertiary/aromatic N) is 1. The molecule has 0 bridgehead atoms. The fourth-order valence-electron chi connectivity index (χ4n) is 3.65. The molecule has 0 amide bonds. The molecule has 5 heteroatoms. The SMILES string of the molecule is CC(C)(O)C(C)(C)OB(O)c1ccc2c(c1)c1ccccc1n2Cc1ccccc1. The Kier molecular flexibility index (Phi) is 5.22. The minimum Gasteiger partial charge on any atom is -0.423 e. The Morgan fingerprint density at radius 1 is 0.833 bits per heavy atom. The average molecular weight is 401 g/mol. The van der Waals surface area contributed by atoms with Crippen molar-refractivity contribution in [3.63, 3.8) is 0 Å². The van der Waals surface area contributed by atoms with Gasteiger partial charge in [0.1, 0.15) is 0 Å². The second kappa shape index (κ2) is 7.58. The van der Waals surface area contributed by atoms with E-state index in [9.17, 15) is 10.1 Å². The largest absolute Gasteiger partial charge is 0.491 e. The summed E-state index contributed by atoms with van der Waals surface area (Å²) in [5.41, 5.74) is 2.16. The highest BCUT2D eigenvalue weighted by Crippen LogP contribution is 2.30. The number of hydrogen-bond acceptors (Lipinski definition) is 3. The maximum absolute atomic E-state index is 10.8. The highest BCUT2D eigenvalue weighted by atomic mass is 16.5. The first-order valence-electron chi connectivity index (χ1n) is 10.3. The third-order valence-electron chi connectivity index (χ3n) is 6.14. The molecule has 1 heterocycles. The minimum atomic E-state index is -1.13. The van der Waals surface area contributed by atoms with Crippen LogP contribution in [0.1, 0.15) is 33.3 Å². The lowest BCUT2D eigenvalue weighted by Gasteiger charge is -2.38. The fraction of sp³-hybridized carbons (Fsp3) is 0.280. The van der Waals surface area contributed by atoms with Gasteiger partial charge in [-0.3, -0.25) is 0 Å². The lowest BCUT2D eigenvalue weighted by atomic mass is 9.76. The smallest absolute Gasteiger partial charge is 0.423 e. The molecule has 4 nitrogen and oxygen atoms in total. The van der Waals surface area contributed by atoms with Gasteiger partial charge in [-0.25, -0.2) is 0 Å². The van der Waals surface area contributed by atoms with E-state index in [1.165, 1.54) is 5.56 Å². The molecule has 0 aliphatic heterocycles. The topological polar surface area (TPSA) is 54.6 Å². The van der Waals surface area contributed by atoms with Gasteiger partial charge in [0.25, 0.3) is 0 Å². The predicted octanol–water partition coefficient (Wildman–Crippen LogP) is 4.10. The maximum atomic E-state index is 10.8. The standard InChI is InChI=1S/C25H28BNO3/c1-24(2,28)25(3,4)30-26(29)19-14-15-23-21(16-19)20-12-8-9-13-22(20)27(23)17-18-10-6-5-7-11-18/h5-16,28-29H,17H2,1-4H3. The van der Waals surface area contributed by atoms with Gasteiger partial charge in [-0.15, -0.1) is 0 Å². The third kappa shape index (κ3) is 3.76.